The van der Waals surface area contributed by atoms with Gasteiger partial charge in [-0.2, -0.15) is 15.8 Å². The molecule has 2 N–H and O–H groups in total. The summed E-state index contributed by atoms with van der Waals surface area (Å²) in [6, 6.07) is 4.40. The molecule has 0 radical (unpaired) electrons. The summed E-state index contributed by atoms with van der Waals surface area (Å²) in [6.45, 7) is 3.15. The molecular formula is C6H4N4. The Hall–Kier alpha value is -1.99. The Morgan fingerprint density at radius 3 is 1.50 bits per heavy atom. The molecule has 0 atom stereocenters. The summed E-state index contributed by atoms with van der Waals surface area (Å²) < 4.78 is 0. The third-order valence-electron chi connectivity index (χ3n) is 0.985. The van der Waals surface area contributed by atoms with Gasteiger partial charge in [0.15, 0.2) is 0 Å². The smallest absolute Gasteiger partial charge is 0.266 e. The van der Waals surface area contributed by atoms with Crippen LogP contribution in [0.2, 0.25) is 0 Å². The number of nitrogens with two attached hydrogens (primary N) is 1. The molecule has 48 valence electrons. The topological polar surface area (TPSA) is 97.4 Å². The number of nitrogens with zero attached hydrogens (tertiary/aromatic N) is 3. The van der Waals surface area contributed by atoms with E-state index in [1.807, 2.05) is 0 Å². The van der Waals surface area contributed by atoms with Crippen LogP contribution in [0.25, 0.3) is 0 Å². The van der Waals surface area contributed by atoms with Gasteiger partial charge in [0.1, 0.15) is 18.2 Å². The van der Waals surface area contributed by atoms with Gasteiger partial charge < -0.3 is 5.73 Å². The Bertz CT molecular complexity index is 234. The maximum absolute atomic E-state index is 8.31. The lowest BCUT2D eigenvalue weighted by Gasteiger charge is -2.05. The van der Waals surface area contributed by atoms with E-state index in [2.05, 4.69) is 6.58 Å². The molecule has 0 aliphatic carbocycles. The van der Waals surface area contributed by atoms with Crippen molar-refractivity contribution in [1.82, 2.24) is 0 Å². The van der Waals surface area contributed by atoms with Crippen LogP contribution in [0.15, 0.2) is 12.3 Å². The Balaban J connectivity index is 5.00. The van der Waals surface area contributed by atoms with E-state index in [0.717, 1.165) is 0 Å². The molecule has 0 fully saturated rings. The zero-order valence-electron chi connectivity index (χ0n) is 5.13. The Morgan fingerprint density at radius 1 is 1.20 bits per heavy atom. The number of hydrogen-bond donors (Lipinski definition) is 1. The third-order valence-corrected chi connectivity index (χ3v) is 0.985. The molecule has 0 aromatic heterocycles. The van der Waals surface area contributed by atoms with Crippen molar-refractivity contribution in [2.45, 2.75) is 0 Å². The van der Waals surface area contributed by atoms with Crippen molar-refractivity contribution in [2.75, 3.05) is 0 Å². The average Bonchev–Trinajstić information content (AvgIpc) is 1.92. The van der Waals surface area contributed by atoms with Crippen molar-refractivity contribution in [3.63, 3.8) is 0 Å². The van der Waals surface area contributed by atoms with Crippen LogP contribution in [0.5, 0.6) is 0 Å². The highest BCUT2D eigenvalue weighted by molar-refractivity contribution is 5.38. The standard InChI is InChI=1S/C6H4N4/c1-5(10)6(2-7,3-8)4-9/h1,10H2. The zero-order valence-corrected chi connectivity index (χ0v) is 5.13. The minimum absolute atomic E-state index is 0.236. The van der Waals surface area contributed by atoms with E-state index in [4.69, 9.17) is 21.5 Å². The molecule has 0 aliphatic rings. The van der Waals surface area contributed by atoms with E-state index in [9.17, 15) is 0 Å². The second-order valence-corrected chi connectivity index (χ2v) is 1.61. The van der Waals surface area contributed by atoms with Gasteiger partial charge in [0.2, 0.25) is 0 Å². The van der Waals surface area contributed by atoms with E-state index < -0.39 is 5.41 Å². The second kappa shape index (κ2) is 2.53. The van der Waals surface area contributed by atoms with Crippen LogP contribution in [-0.4, -0.2) is 0 Å². The molecule has 4 nitrogen and oxygen atoms in total. The van der Waals surface area contributed by atoms with Gasteiger partial charge in [-0.3, -0.25) is 0 Å². The number of allylic oxidation sites excluding steroid dienone is 1. The van der Waals surface area contributed by atoms with Crippen molar-refractivity contribution in [1.29, 1.82) is 15.8 Å². The third kappa shape index (κ3) is 0.891. The van der Waals surface area contributed by atoms with Gasteiger partial charge in [0.05, 0.1) is 5.70 Å². The maximum atomic E-state index is 8.31. The summed E-state index contributed by atoms with van der Waals surface area (Å²) in [6.07, 6.45) is 0. The summed E-state index contributed by atoms with van der Waals surface area (Å²) in [4.78, 5) is 0. The van der Waals surface area contributed by atoms with Crippen molar-refractivity contribution in [3.05, 3.63) is 12.3 Å². The number of rotatable bonds is 1. The van der Waals surface area contributed by atoms with Crippen molar-refractivity contribution >= 4 is 0 Å². The highest BCUT2D eigenvalue weighted by atomic mass is 14.6. The van der Waals surface area contributed by atoms with Crippen molar-refractivity contribution in [2.24, 2.45) is 11.1 Å². The molecule has 0 rings (SSSR count). The average molecular weight is 132 g/mol. The molecule has 0 unspecified atom stereocenters. The van der Waals surface area contributed by atoms with Gasteiger partial charge in [-0.15, -0.1) is 0 Å². The van der Waals surface area contributed by atoms with Crippen LogP contribution in [0.1, 0.15) is 0 Å². The molecular weight excluding hydrogens is 128 g/mol. The molecule has 0 amide bonds. The molecule has 0 spiro atoms. The van der Waals surface area contributed by atoms with Crippen LogP contribution >= 0.6 is 0 Å². The number of nitriles is 3. The fraction of sp³-hybridized carbons (Fsp3) is 0.167. The van der Waals surface area contributed by atoms with Gasteiger partial charge in [0.25, 0.3) is 5.41 Å². The van der Waals surface area contributed by atoms with Crippen LogP contribution in [0.4, 0.5) is 0 Å². The molecule has 0 saturated heterocycles. The molecule has 0 aromatic carbocycles. The first-order valence-electron chi connectivity index (χ1n) is 2.31. The summed E-state index contributed by atoms with van der Waals surface area (Å²) in [7, 11) is 0. The fourth-order valence-corrected chi connectivity index (χ4v) is 0.290. The van der Waals surface area contributed by atoms with Gasteiger partial charge in [0, 0.05) is 0 Å². The first-order chi connectivity index (χ1) is 4.63. The van der Waals surface area contributed by atoms with Crippen LogP contribution in [0.3, 0.4) is 0 Å². The van der Waals surface area contributed by atoms with E-state index in [1.165, 1.54) is 18.2 Å². The fourth-order valence-electron chi connectivity index (χ4n) is 0.290. The predicted molar refractivity (Wildman–Crippen MR) is 32.6 cm³/mol. The summed E-state index contributed by atoms with van der Waals surface area (Å²) in [5.41, 5.74) is 2.93. The molecule has 4 heteroatoms. The summed E-state index contributed by atoms with van der Waals surface area (Å²) in [5.74, 6) is 0. The van der Waals surface area contributed by atoms with Crippen LogP contribution in [-0.2, 0) is 0 Å². The van der Waals surface area contributed by atoms with E-state index in [1.54, 1.807) is 0 Å². The normalized spacial score (nSPS) is 8.50. The lowest BCUT2D eigenvalue weighted by atomic mass is 9.91. The largest absolute Gasteiger partial charge is 0.399 e. The molecule has 0 saturated carbocycles. The number of hydrogen-bond acceptors (Lipinski definition) is 4. The summed E-state index contributed by atoms with van der Waals surface area (Å²) in [5, 5.41) is 24.9. The van der Waals surface area contributed by atoms with Gasteiger partial charge in [-0.05, 0) is 0 Å². The molecule has 0 bridgehead atoms. The Morgan fingerprint density at radius 2 is 1.50 bits per heavy atom. The van der Waals surface area contributed by atoms with E-state index in [0.29, 0.717) is 0 Å². The predicted octanol–water partition coefficient (Wildman–Crippen LogP) is 0.0159. The highest BCUT2D eigenvalue weighted by Crippen LogP contribution is 2.18. The first-order valence-corrected chi connectivity index (χ1v) is 2.31. The second-order valence-electron chi connectivity index (χ2n) is 1.61. The molecule has 10 heavy (non-hydrogen) atoms. The van der Waals surface area contributed by atoms with E-state index >= 15 is 0 Å². The quantitative estimate of drug-likeness (QED) is 0.543. The van der Waals surface area contributed by atoms with Crippen molar-refractivity contribution < 1.29 is 0 Å². The van der Waals surface area contributed by atoms with Crippen molar-refractivity contribution in [3.8, 4) is 18.2 Å². The molecule has 0 aliphatic heterocycles. The first kappa shape index (κ1) is 8.01. The monoisotopic (exact) mass is 132 g/mol. The van der Waals surface area contributed by atoms with Gasteiger partial charge >= 0.3 is 0 Å². The minimum Gasteiger partial charge on any atom is -0.399 e. The van der Waals surface area contributed by atoms with Gasteiger partial charge in [-0.25, -0.2) is 0 Å². The lowest BCUT2D eigenvalue weighted by molar-refractivity contribution is 0.797. The van der Waals surface area contributed by atoms with E-state index in [-0.39, 0.29) is 5.70 Å². The Labute approximate surface area is 58.4 Å². The maximum Gasteiger partial charge on any atom is 0.266 e. The highest BCUT2D eigenvalue weighted by Gasteiger charge is 2.31. The van der Waals surface area contributed by atoms with Crippen LogP contribution in [0, 0.1) is 39.4 Å². The SMILES string of the molecule is C=C(N)C(C#N)(C#N)C#N. The van der Waals surface area contributed by atoms with Gasteiger partial charge in [-0.1, -0.05) is 6.58 Å². The summed E-state index contributed by atoms with van der Waals surface area (Å²) >= 11 is 0. The Kier molecular flexibility index (Phi) is 2.02. The van der Waals surface area contributed by atoms with Crippen LogP contribution < -0.4 is 5.73 Å². The molecule has 0 aromatic rings. The lowest BCUT2D eigenvalue weighted by Crippen LogP contribution is -2.21. The minimum atomic E-state index is -1.88. The molecule has 0 heterocycles. The zero-order chi connectivity index (χ0) is 8.20.